The molecule has 9 nitrogen and oxygen atoms in total. The molecule has 1 aromatic carbocycles. The largest absolute Gasteiger partial charge is 0.497 e. The highest BCUT2D eigenvalue weighted by Gasteiger charge is 2.23. The average Bonchev–Trinajstić information content (AvgIpc) is 3.10. The van der Waals surface area contributed by atoms with Gasteiger partial charge in [0.05, 0.1) is 12.8 Å². The summed E-state index contributed by atoms with van der Waals surface area (Å²) < 4.78 is 5.28. The first-order chi connectivity index (χ1) is 16.0. The highest BCUT2D eigenvalue weighted by Crippen LogP contribution is 2.23. The molecule has 0 unspecified atom stereocenters. The van der Waals surface area contributed by atoms with Crippen LogP contribution in [0.25, 0.3) is 11.3 Å². The molecule has 0 spiro atoms. The Bertz CT molecular complexity index is 949. The fraction of sp³-hybridized carbons (Fsp3) is 0.417. The molecule has 9 heteroatoms. The van der Waals surface area contributed by atoms with Crippen LogP contribution in [0.4, 0.5) is 10.6 Å². The van der Waals surface area contributed by atoms with Crippen molar-refractivity contribution in [2.75, 3.05) is 57.8 Å². The Kier molecular flexibility index (Phi) is 8.63. The smallest absolute Gasteiger partial charge is 0.318 e. The number of carbonyl (C=O) groups is 2. The lowest BCUT2D eigenvalue weighted by molar-refractivity contribution is -0.131. The third kappa shape index (κ3) is 6.44. The monoisotopic (exact) mass is 452 g/mol. The lowest BCUT2D eigenvalue weighted by Crippen LogP contribution is -2.47. The summed E-state index contributed by atoms with van der Waals surface area (Å²) in [5.74, 6) is 1.49. The van der Waals surface area contributed by atoms with Gasteiger partial charge in [0.1, 0.15) is 12.3 Å². The van der Waals surface area contributed by atoms with Gasteiger partial charge in [-0.15, -0.1) is 16.8 Å². The Morgan fingerprint density at radius 2 is 2.03 bits per heavy atom. The number of benzene rings is 1. The molecule has 1 aromatic heterocycles. The van der Waals surface area contributed by atoms with Crippen LogP contribution in [0.5, 0.6) is 5.75 Å². The molecule has 0 aliphatic carbocycles. The summed E-state index contributed by atoms with van der Waals surface area (Å²) in [5.41, 5.74) is 1.72. The van der Waals surface area contributed by atoms with Gasteiger partial charge in [0, 0.05) is 44.8 Å². The van der Waals surface area contributed by atoms with Gasteiger partial charge in [0.15, 0.2) is 5.82 Å². The summed E-state index contributed by atoms with van der Waals surface area (Å²) >= 11 is 0. The molecule has 1 saturated heterocycles. The molecule has 1 aliphatic heterocycles. The second kappa shape index (κ2) is 11.8. The third-order valence-electron chi connectivity index (χ3n) is 5.48. The van der Waals surface area contributed by atoms with E-state index in [0.717, 1.165) is 35.8 Å². The molecule has 0 bridgehead atoms. The number of nitrogens with one attached hydrogen (secondary N) is 1. The van der Waals surface area contributed by atoms with Crippen molar-refractivity contribution in [3.05, 3.63) is 49.1 Å². The number of hydrogen-bond donors (Lipinski definition) is 1. The highest BCUT2D eigenvalue weighted by molar-refractivity contribution is 5.84. The Morgan fingerprint density at radius 3 is 2.73 bits per heavy atom. The second-order valence-electron chi connectivity index (χ2n) is 7.73. The van der Waals surface area contributed by atoms with Gasteiger partial charge in [-0.2, -0.15) is 0 Å². The number of aromatic nitrogens is 2. The number of carbonyl (C=O) groups excluding carboxylic acids is 2. The van der Waals surface area contributed by atoms with Crippen LogP contribution in [-0.4, -0.2) is 84.9 Å². The van der Waals surface area contributed by atoms with Crippen molar-refractivity contribution in [3.63, 3.8) is 0 Å². The van der Waals surface area contributed by atoms with Crippen molar-refractivity contribution in [1.82, 2.24) is 25.3 Å². The second-order valence-corrected chi connectivity index (χ2v) is 7.73. The number of anilines is 1. The molecule has 1 N–H and O–H groups in total. The Hall–Kier alpha value is -3.62. The minimum Gasteiger partial charge on any atom is -0.497 e. The summed E-state index contributed by atoms with van der Waals surface area (Å²) in [7, 11) is 1.64. The maximum absolute atomic E-state index is 12.9. The molecule has 1 fully saturated rings. The van der Waals surface area contributed by atoms with Crippen molar-refractivity contribution in [1.29, 1.82) is 0 Å². The van der Waals surface area contributed by atoms with Gasteiger partial charge in [-0.25, -0.2) is 4.79 Å². The van der Waals surface area contributed by atoms with Gasteiger partial charge in [-0.3, -0.25) is 4.79 Å². The molecular weight excluding hydrogens is 420 g/mol. The highest BCUT2D eigenvalue weighted by atomic mass is 16.5. The van der Waals surface area contributed by atoms with Crippen LogP contribution in [0.15, 0.2) is 49.1 Å². The van der Waals surface area contributed by atoms with E-state index >= 15 is 0 Å². The van der Waals surface area contributed by atoms with E-state index < -0.39 is 0 Å². The molecule has 2 heterocycles. The van der Waals surface area contributed by atoms with E-state index in [4.69, 9.17) is 4.74 Å². The minimum atomic E-state index is -0.256. The number of ether oxygens (including phenoxy) is 1. The quantitative estimate of drug-likeness (QED) is 0.619. The normalized spacial score (nSPS) is 13.8. The molecule has 3 rings (SSSR count). The first-order valence-electron chi connectivity index (χ1n) is 11.2. The zero-order valence-corrected chi connectivity index (χ0v) is 19.4. The van der Waals surface area contributed by atoms with Crippen LogP contribution in [-0.2, 0) is 4.79 Å². The van der Waals surface area contributed by atoms with Gasteiger partial charge in [-0.1, -0.05) is 18.2 Å². The number of amides is 3. The molecule has 3 amide bonds. The third-order valence-corrected chi connectivity index (χ3v) is 5.48. The van der Waals surface area contributed by atoms with E-state index in [1.807, 2.05) is 48.2 Å². The summed E-state index contributed by atoms with van der Waals surface area (Å²) in [5, 5.41) is 11.6. The number of urea groups is 1. The van der Waals surface area contributed by atoms with Crippen molar-refractivity contribution in [2.45, 2.75) is 13.3 Å². The van der Waals surface area contributed by atoms with Crippen molar-refractivity contribution >= 4 is 17.8 Å². The number of rotatable bonds is 8. The summed E-state index contributed by atoms with van der Waals surface area (Å²) in [6.07, 6.45) is 2.44. The van der Waals surface area contributed by atoms with E-state index in [1.54, 1.807) is 13.2 Å². The lowest BCUT2D eigenvalue weighted by atomic mass is 10.1. The summed E-state index contributed by atoms with van der Waals surface area (Å²) in [6, 6.07) is 11.4. The van der Waals surface area contributed by atoms with E-state index in [-0.39, 0.29) is 18.5 Å². The number of hydrogen-bond acceptors (Lipinski definition) is 6. The van der Waals surface area contributed by atoms with Gasteiger partial charge in [0.2, 0.25) is 5.91 Å². The molecule has 33 heavy (non-hydrogen) atoms. The van der Waals surface area contributed by atoms with E-state index in [1.165, 1.54) is 4.90 Å². The Labute approximate surface area is 195 Å². The molecule has 176 valence electrons. The van der Waals surface area contributed by atoms with Crippen LogP contribution in [0.3, 0.4) is 0 Å². The van der Waals surface area contributed by atoms with Crippen molar-refractivity contribution in [2.24, 2.45) is 0 Å². The molecule has 0 atom stereocenters. The molecule has 2 aromatic rings. The van der Waals surface area contributed by atoms with Crippen LogP contribution in [0.2, 0.25) is 0 Å². The van der Waals surface area contributed by atoms with Crippen LogP contribution in [0.1, 0.15) is 13.3 Å². The van der Waals surface area contributed by atoms with Crippen LogP contribution >= 0.6 is 0 Å². The molecular formula is C24H32N6O3. The Balaban J connectivity index is 1.60. The average molecular weight is 453 g/mol. The van der Waals surface area contributed by atoms with Gasteiger partial charge in [-0.05, 0) is 37.6 Å². The topological polar surface area (TPSA) is 90.9 Å². The van der Waals surface area contributed by atoms with Crippen molar-refractivity contribution in [3.8, 4) is 17.0 Å². The molecule has 0 saturated carbocycles. The fourth-order valence-electron chi connectivity index (χ4n) is 3.73. The Morgan fingerprint density at radius 1 is 1.18 bits per heavy atom. The summed E-state index contributed by atoms with van der Waals surface area (Å²) in [4.78, 5) is 30.5. The summed E-state index contributed by atoms with van der Waals surface area (Å²) in [6.45, 7) is 9.04. The zero-order chi connectivity index (χ0) is 23.6. The minimum absolute atomic E-state index is 0.0346. The van der Waals surface area contributed by atoms with E-state index in [0.29, 0.717) is 32.7 Å². The molecule has 0 radical (unpaired) electrons. The predicted molar refractivity (Wildman–Crippen MR) is 128 cm³/mol. The SMILES string of the molecule is C=CCN(CC(=O)N1CCCN(c2ccc(-c3cccc(OC)c3)nn2)CC1)C(=O)NCC. The first kappa shape index (κ1) is 24.0. The maximum Gasteiger partial charge on any atom is 0.318 e. The van der Waals surface area contributed by atoms with Gasteiger partial charge in [0.25, 0.3) is 0 Å². The van der Waals surface area contributed by atoms with E-state index in [9.17, 15) is 9.59 Å². The van der Waals surface area contributed by atoms with Crippen LogP contribution in [0, 0.1) is 0 Å². The fourth-order valence-corrected chi connectivity index (χ4v) is 3.73. The zero-order valence-electron chi connectivity index (χ0n) is 19.4. The molecule has 1 aliphatic rings. The maximum atomic E-state index is 12.9. The number of nitrogens with zero attached hydrogens (tertiary/aromatic N) is 5. The van der Waals surface area contributed by atoms with Gasteiger partial charge < -0.3 is 24.8 Å². The van der Waals surface area contributed by atoms with Crippen LogP contribution < -0.4 is 15.0 Å². The lowest BCUT2D eigenvalue weighted by Gasteiger charge is -2.26. The number of methoxy groups -OCH3 is 1. The van der Waals surface area contributed by atoms with Crippen molar-refractivity contribution < 1.29 is 14.3 Å². The van der Waals surface area contributed by atoms with E-state index in [2.05, 4.69) is 27.0 Å². The standard InChI is InChI=1S/C24H32N6O3/c1-4-12-30(24(32)25-5-2)18-23(31)29-14-7-13-28(15-16-29)22-11-10-21(26-27-22)19-8-6-9-20(17-19)33-3/h4,6,8-11,17H,1,5,7,12-16,18H2,2-3H3,(H,25,32). The predicted octanol–water partition coefficient (Wildman–Crippen LogP) is 2.41. The first-order valence-corrected chi connectivity index (χ1v) is 11.2. The van der Waals surface area contributed by atoms with Gasteiger partial charge >= 0.3 is 6.03 Å².